The number of nitrogens with one attached hydrogen (secondary N) is 11. The van der Waals surface area contributed by atoms with Gasteiger partial charge in [0.05, 0.1) is 0 Å². The second-order valence-electron chi connectivity index (χ2n) is 30.2. The Morgan fingerprint density at radius 2 is 0.477 bits per heavy atom. The molecule has 0 aliphatic rings. The summed E-state index contributed by atoms with van der Waals surface area (Å²) < 4.78 is 21.9. The Morgan fingerprint density at radius 1 is 0.242 bits per heavy atom. The SMILES string of the molecule is CNc1nc(N)nc(N(C)CCc2ccc(C)o2)n1.CNc1nc(N)nc(NCCc2ccc(C)o2)n1.CNc1nc(NC)nc(NCCc2ccc(C)[nH]2)n1.Cc1ccc(CCN(C)c2nc(N)nc(N(C)C)n2)[nH]1.Cc1ccc(CCN(C)c2nc(N)nc(N)n2)o1.Cc1ccc(CCNc2nc(N(C)C)nc(N(C)C)n2)[nH]1.Cc1ccc(CCNc2nc(N)nc(N)n2)o1. The monoisotopic (exact) mass is 1820 g/mol. The summed E-state index contributed by atoms with van der Waals surface area (Å²) in [7, 11) is 24.2. The molecule has 0 unspecified atom stereocenters. The van der Waals surface area contributed by atoms with Gasteiger partial charge < -0.3 is 145 Å². The van der Waals surface area contributed by atoms with E-state index >= 15 is 0 Å². The van der Waals surface area contributed by atoms with Gasteiger partial charge in [0.15, 0.2) is 0 Å². The summed E-state index contributed by atoms with van der Waals surface area (Å²) in [6, 6.07) is 28.1. The van der Waals surface area contributed by atoms with Crippen LogP contribution in [0.25, 0.3) is 0 Å². The molecule has 0 spiro atoms. The minimum Gasteiger partial charge on any atom is -0.466 e. The van der Waals surface area contributed by atoms with Crippen molar-refractivity contribution in [3.8, 4) is 0 Å². The fourth-order valence-electron chi connectivity index (χ4n) is 11.5. The van der Waals surface area contributed by atoms with Gasteiger partial charge in [-0.15, -0.1) is 0 Å². The minimum absolute atomic E-state index is 0.105. The van der Waals surface area contributed by atoms with Crippen LogP contribution in [-0.4, -0.2) is 257 Å². The maximum Gasteiger partial charge on any atom is 0.231 e. The van der Waals surface area contributed by atoms with Gasteiger partial charge in [0.2, 0.25) is 125 Å². The highest BCUT2D eigenvalue weighted by molar-refractivity contribution is 5.48. The number of rotatable bonds is 35. The molecule has 0 saturated heterocycles. The molecule has 0 atom stereocenters. The summed E-state index contributed by atoms with van der Waals surface area (Å²) in [5, 5.41) is 24.0. The average molecular weight is 1820 g/mol. The number of nitrogens with zero attached hydrogens (tertiary/aromatic N) is 27. The fourth-order valence-corrected chi connectivity index (χ4v) is 11.5. The zero-order valence-electron chi connectivity index (χ0n) is 78.7. The van der Waals surface area contributed by atoms with Crippen LogP contribution >= 0.6 is 0 Å². The molecular weight excluding hydrogens is 1690 g/mol. The normalized spacial score (nSPS) is 10.5. The highest BCUT2D eigenvalue weighted by Gasteiger charge is 2.17. The number of nitrogens with two attached hydrogens (primary N) is 7. The number of nitrogen functional groups attached to an aromatic ring is 7. The van der Waals surface area contributed by atoms with Gasteiger partial charge in [0, 0.05) is 217 Å². The molecule has 14 rings (SSSR count). The predicted octanol–water partition coefficient (Wildman–Crippen LogP) is 6.71. The first kappa shape index (κ1) is 101. The lowest BCUT2D eigenvalue weighted by Crippen LogP contribution is -2.25. The van der Waals surface area contributed by atoms with Crippen LogP contribution < -0.4 is 112 Å². The van der Waals surface area contributed by atoms with E-state index in [1.807, 2.05) is 183 Å². The standard InChI is InChI=1S/C14H23N7.C13H21N7.C12H19N7.C12H18N6O.2C11H16N6O.C10H14N6O/c1-10-6-7-11(16-10)8-9-15-12-17-13(20(2)3)19-14(18-12)21(4)5;1-9-5-6-10(15-9)7-8-20(4)13-17-11(14)16-12(18-13)19(2)3;1-8-4-5-9(16-8)6-7-15-12-18-10(13-2)17-11(14-3)19-12;1-8-4-5-9(19-8)6-7-18(3)12-16-10(13)15-11(14-2)17-12;1-7-3-4-8(18-7)5-6-17(2)11-15-9(12)14-10(13)16-11;1-7-3-4-8(18-7)5-6-14-11-16-9(12)15-10(13-2)17-11;1-6-2-3-7(17-6)4-5-13-10-15-8(11)14-9(12)16-10/h6-7,16H,8-9H2,1-5H3,(H,15,17,18,19);5-6,15H,7-8H2,1-4H3,(H2,14,16,17,18);4-5,16H,6-7H2,1-3H3,(H3,13,14,15,17,18,19);4-5H,6-7H2,1-3H3,(H3,13,14,15,16,17);3-4H,5-6H2,1-2H3,(H4,12,13,14,15,16);3-4H,5-6H2,1-2H3,(H4,12,13,14,15,16,17);2-3H,4-5H2,1H3,(H5,11,12,13,14,15,16). The molecule has 0 aliphatic heterocycles. The van der Waals surface area contributed by atoms with Crippen LogP contribution in [0.3, 0.4) is 0 Å². The molecule has 25 N–H and O–H groups in total. The van der Waals surface area contributed by atoms with E-state index in [0.29, 0.717) is 103 Å². The molecular formula is C83H127N45O4. The van der Waals surface area contributed by atoms with Crippen LogP contribution in [0, 0.1) is 48.5 Å². The molecule has 49 heteroatoms. The van der Waals surface area contributed by atoms with Crippen LogP contribution in [-0.2, 0) is 44.9 Å². The number of anilines is 21. The first-order valence-corrected chi connectivity index (χ1v) is 42.1. The molecule has 14 heterocycles. The molecule has 132 heavy (non-hydrogen) atoms. The van der Waals surface area contributed by atoms with Gasteiger partial charge in [0.25, 0.3) is 0 Å². The van der Waals surface area contributed by atoms with E-state index in [-0.39, 0.29) is 41.6 Å². The van der Waals surface area contributed by atoms with Crippen molar-refractivity contribution < 1.29 is 17.7 Å². The summed E-state index contributed by atoms with van der Waals surface area (Å²) in [4.78, 5) is 107. The maximum absolute atomic E-state index is 5.72. The van der Waals surface area contributed by atoms with Gasteiger partial charge in [-0.2, -0.15) is 105 Å². The Hall–Kier alpha value is -16.2. The van der Waals surface area contributed by atoms with Crippen LogP contribution in [0.4, 0.5) is 125 Å². The Bertz CT molecular complexity index is 5680. The topological polar surface area (TPSA) is 668 Å². The quantitative estimate of drug-likeness (QED) is 0.0196. The highest BCUT2D eigenvalue weighted by atomic mass is 16.3. The second-order valence-corrected chi connectivity index (χ2v) is 30.2. The summed E-state index contributed by atoms with van der Waals surface area (Å²) in [6.07, 6.45) is 5.72. The minimum atomic E-state index is 0.105. The number of aromatic amines is 3. The lowest BCUT2D eigenvalue weighted by molar-refractivity contribution is 0.482. The Kier molecular flexibility index (Phi) is 39.1. The molecule has 0 aromatic carbocycles. The molecule has 0 aliphatic carbocycles. The largest absolute Gasteiger partial charge is 0.466 e. The summed E-state index contributed by atoms with van der Waals surface area (Å²) >= 11 is 0. The van der Waals surface area contributed by atoms with Gasteiger partial charge in [-0.3, -0.25) is 0 Å². The third-order valence-corrected chi connectivity index (χ3v) is 18.2. The van der Waals surface area contributed by atoms with Crippen LogP contribution in [0.5, 0.6) is 0 Å². The zero-order valence-corrected chi connectivity index (χ0v) is 78.7. The van der Waals surface area contributed by atoms with Crippen molar-refractivity contribution in [2.45, 2.75) is 93.4 Å². The van der Waals surface area contributed by atoms with Crippen molar-refractivity contribution in [2.75, 3.05) is 250 Å². The first-order chi connectivity index (χ1) is 63.0. The summed E-state index contributed by atoms with van der Waals surface area (Å²) in [5.74, 6) is 15.8. The molecule has 0 saturated carbocycles. The van der Waals surface area contributed by atoms with E-state index in [0.717, 1.165) is 117 Å². The summed E-state index contributed by atoms with van der Waals surface area (Å²) in [6.45, 7) is 18.9. The zero-order chi connectivity index (χ0) is 95.9. The number of hydrogen-bond acceptors (Lipinski definition) is 46. The maximum atomic E-state index is 5.72. The van der Waals surface area contributed by atoms with Gasteiger partial charge >= 0.3 is 0 Å². The molecule has 14 aromatic heterocycles. The molecule has 0 fully saturated rings. The number of aromatic nitrogens is 24. The molecule has 0 radical (unpaired) electrons. The fraction of sp³-hybridized carbons (Fsp3) is 0.410. The molecule has 14 aromatic rings. The van der Waals surface area contributed by atoms with Gasteiger partial charge in [0.1, 0.15) is 46.1 Å². The number of hydrogen-bond donors (Lipinski definition) is 18. The molecule has 0 bridgehead atoms. The van der Waals surface area contributed by atoms with Crippen molar-refractivity contribution in [1.82, 2.24) is 120 Å². The highest BCUT2D eigenvalue weighted by Crippen LogP contribution is 2.20. The predicted molar refractivity (Wildman–Crippen MR) is 521 cm³/mol. The van der Waals surface area contributed by atoms with E-state index in [1.165, 1.54) is 34.2 Å². The third-order valence-electron chi connectivity index (χ3n) is 18.2. The Morgan fingerprint density at radius 3 is 0.826 bits per heavy atom. The number of likely N-dealkylation sites (N-methyl/N-ethyl adjacent to an activating group) is 3. The third kappa shape index (κ3) is 35.6. The van der Waals surface area contributed by atoms with Crippen molar-refractivity contribution in [2.24, 2.45) is 0 Å². The Balaban J connectivity index is 0.000000190. The van der Waals surface area contributed by atoms with E-state index in [2.05, 4.69) is 205 Å². The molecule has 49 nitrogen and oxygen atoms in total. The smallest absolute Gasteiger partial charge is 0.231 e. The lowest BCUT2D eigenvalue weighted by Gasteiger charge is -2.18. The van der Waals surface area contributed by atoms with E-state index in [9.17, 15) is 0 Å². The van der Waals surface area contributed by atoms with Crippen molar-refractivity contribution >= 4 is 125 Å². The van der Waals surface area contributed by atoms with Gasteiger partial charge in [-0.1, -0.05) is 0 Å². The van der Waals surface area contributed by atoms with Crippen molar-refractivity contribution in [1.29, 1.82) is 0 Å². The van der Waals surface area contributed by atoms with Gasteiger partial charge in [-0.25, -0.2) is 0 Å². The van der Waals surface area contributed by atoms with E-state index in [4.69, 9.17) is 57.8 Å². The van der Waals surface area contributed by atoms with Crippen LogP contribution in [0.15, 0.2) is 103 Å². The number of furan rings is 4. The van der Waals surface area contributed by atoms with Gasteiger partial charge in [-0.05, 0) is 133 Å². The van der Waals surface area contributed by atoms with E-state index < -0.39 is 0 Å². The Labute approximate surface area is 766 Å². The van der Waals surface area contributed by atoms with Crippen LogP contribution in [0.2, 0.25) is 0 Å². The molecule has 708 valence electrons. The summed E-state index contributed by atoms with van der Waals surface area (Å²) in [5.41, 5.74) is 46.0. The number of H-pyrrole nitrogens is 3. The van der Waals surface area contributed by atoms with Crippen molar-refractivity contribution in [3.05, 3.63) is 165 Å². The second kappa shape index (κ2) is 51.0. The molecule has 0 amide bonds. The lowest BCUT2D eigenvalue weighted by atomic mass is 10.3. The first-order valence-electron chi connectivity index (χ1n) is 42.1. The van der Waals surface area contributed by atoms with Crippen molar-refractivity contribution in [3.63, 3.8) is 0 Å². The van der Waals surface area contributed by atoms with E-state index in [1.54, 1.807) is 28.2 Å². The average Bonchev–Trinajstić information content (AvgIpc) is 1.33. The number of aryl methyl sites for hydroxylation is 7. The van der Waals surface area contributed by atoms with Crippen LogP contribution in [0.1, 0.15) is 80.2 Å².